The number of carbonyl (C=O) groups is 1. The van der Waals surface area contributed by atoms with Crippen molar-refractivity contribution in [3.8, 4) is 11.6 Å². The molecule has 1 aromatic heterocycles. The third kappa shape index (κ3) is 5.65. The maximum absolute atomic E-state index is 14.6. The predicted octanol–water partition coefficient (Wildman–Crippen LogP) is 5.49. The first-order valence-electron chi connectivity index (χ1n) is 13.3. The van der Waals surface area contributed by atoms with Gasteiger partial charge in [0.15, 0.2) is 4.90 Å². The smallest absolute Gasteiger partial charge is 0.305 e. The van der Waals surface area contributed by atoms with Crippen LogP contribution in [0, 0.1) is 5.82 Å². The number of sulfonamides is 1. The van der Waals surface area contributed by atoms with Gasteiger partial charge in [0.25, 0.3) is 15.9 Å². The Bertz CT molecular complexity index is 1600. The molecule has 0 bridgehead atoms. The molecule has 3 heterocycles. The number of benzene rings is 2. The van der Waals surface area contributed by atoms with E-state index in [0.29, 0.717) is 41.2 Å². The fourth-order valence-corrected chi connectivity index (χ4v) is 7.46. The van der Waals surface area contributed by atoms with Gasteiger partial charge in [-0.25, -0.2) is 12.8 Å². The Morgan fingerprint density at radius 2 is 2.05 bits per heavy atom. The van der Waals surface area contributed by atoms with Crippen molar-refractivity contribution in [3.63, 3.8) is 0 Å². The minimum atomic E-state index is -4.18. The number of methoxy groups -OCH3 is 2. The quantitative estimate of drug-likeness (QED) is 0.248. The van der Waals surface area contributed by atoms with Gasteiger partial charge in [-0.1, -0.05) is 29.8 Å². The van der Waals surface area contributed by atoms with Crippen LogP contribution in [-0.2, 0) is 32.5 Å². The summed E-state index contributed by atoms with van der Waals surface area (Å²) in [4.78, 5) is 11.9. The molecule has 5 rings (SSSR count). The molecule has 41 heavy (non-hydrogen) atoms. The van der Waals surface area contributed by atoms with Crippen LogP contribution in [0.1, 0.15) is 49.4 Å². The highest BCUT2D eigenvalue weighted by Gasteiger charge is 2.40. The lowest BCUT2D eigenvalue weighted by Crippen LogP contribution is -2.44. The fraction of sp³-hybridized carbons (Fsp3) is 0.379. The molecule has 0 amide bonds. The van der Waals surface area contributed by atoms with E-state index in [1.807, 2.05) is 0 Å². The van der Waals surface area contributed by atoms with Gasteiger partial charge in [0.2, 0.25) is 0 Å². The van der Waals surface area contributed by atoms with Crippen LogP contribution in [0.3, 0.4) is 0 Å². The van der Waals surface area contributed by atoms with Crippen LogP contribution in [0.15, 0.2) is 41.3 Å². The van der Waals surface area contributed by atoms with Gasteiger partial charge >= 0.3 is 5.97 Å². The Morgan fingerprint density at radius 1 is 1.24 bits per heavy atom. The van der Waals surface area contributed by atoms with E-state index >= 15 is 0 Å². The second kappa shape index (κ2) is 11.7. The topological polar surface area (TPSA) is 100.0 Å². The van der Waals surface area contributed by atoms with Gasteiger partial charge in [-0.15, -0.1) is 5.10 Å². The molecule has 0 fully saturated rings. The van der Waals surface area contributed by atoms with E-state index < -0.39 is 27.9 Å². The van der Waals surface area contributed by atoms with E-state index in [1.165, 1.54) is 30.7 Å². The number of esters is 1. The minimum absolute atomic E-state index is 0.0363. The largest absolute Gasteiger partial charge is 0.486 e. The highest BCUT2D eigenvalue weighted by atomic mass is 35.5. The third-order valence-electron chi connectivity index (χ3n) is 7.31. The number of nitrogens with zero attached hydrogens (tertiary/aromatic N) is 3. The molecule has 0 saturated heterocycles. The van der Waals surface area contributed by atoms with Crippen molar-refractivity contribution in [2.45, 2.75) is 56.6 Å². The molecule has 0 spiro atoms. The molecular weight excluding hydrogens is 573 g/mol. The number of hydrogen-bond donors (Lipinski definition) is 0. The summed E-state index contributed by atoms with van der Waals surface area (Å²) in [6.45, 7) is 2.31. The average Bonchev–Trinajstić information content (AvgIpc) is 3.35. The molecule has 3 aromatic rings. The molecule has 0 N–H and O–H groups in total. The SMILES string of the molecule is COC(=O)CC[C@H]1CN(S(=O)(=O)c2c(OC)nn3c2CCCC3)c2cc(/C=C(\C)c3c(F)cccc3Cl)ccc2O1. The van der Waals surface area contributed by atoms with Crippen molar-refractivity contribution < 1.29 is 31.8 Å². The van der Waals surface area contributed by atoms with E-state index in [1.54, 1.807) is 41.9 Å². The van der Waals surface area contributed by atoms with Crippen molar-refractivity contribution in [2.24, 2.45) is 0 Å². The minimum Gasteiger partial charge on any atom is -0.486 e. The summed E-state index contributed by atoms with van der Waals surface area (Å²) in [5.41, 5.74) is 2.39. The van der Waals surface area contributed by atoms with Gasteiger partial charge < -0.3 is 14.2 Å². The lowest BCUT2D eigenvalue weighted by atomic mass is 10.0. The number of fused-ring (bicyclic) bond motifs is 2. The average molecular weight is 604 g/mol. The highest BCUT2D eigenvalue weighted by Crippen LogP contribution is 2.42. The summed E-state index contributed by atoms with van der Waals surface area (Å²) in [5.74, 6) is -0.484. The summed E-state index contributed by atoms with van der Waals surface area (Å²) in [6, 6.07) is 9.60. The van der Waals surface area contributed by atoms with Crippen LogP contribution >= 0.6 is 11.6 Å². The number of carbonyl (C=O) groups excluding carboxylic acids is 1. The van der Waals surface area contributed by atoms with E-state index in [0.717, 1.165) is 12.8 Å². The molecule has 0 aliphatic carbocycles. The molecule has 9 nitrogen and oxygen atoms in total. The molecule has 0 saturated carbocycles. The number of aromatic nitrogens is 2. The molecule has 2 aliphatic heterocycles. The highest BCUT2D eigenvalue weighted by molar-refractivity contribution is 7.93. The number of allylic oxidation sites excluding steroid dienone is 1. The van der Waals surface area contributed by atoms with E-state index in [4.69, 9.17) is 25.8 Å². The second-order valence-electron chi connectivity index (χ2n) is 10.0. The summed E-state index contributed by atoms with van der Waals surface area (Å²) < 4.78 is 62.8. The van der Waals surface area contributed by atoms with Crippen molar-refractivity contribution in [3.05, 3.63) is 64.1 Å². The molecule has 12 heteroatoms. The fourth-order valence-electron chi connectivity index (χ4n) is 5.31. The monoisotopic (exact) mass is 603 g/mol. The number of aryl methyl sites for hydroxylation is 1. The number of ether oxygens (including phenoxy) is 3. The van der Waals surface area contributed by atoms with Gasteiger partial charge in [0.1, 0.15) is 17.7 Å². The van der Waals surface area contributed by atoms with Crippen LogP contribution in [0.5, 0.6) is 11.6 Å². The Balaban J connectivity index is 1.60. The Morgan fingerprint density at radius 3 is 2.78 bits per heavy atom. The van der Waals surface area contributed by atoms with Crippen LogP contribution in [0.25, 0.3) is 11.6 Å². The zero-order chi connectivity index (χ0) is 29.3. The molecule has 1 atom stereocenters. The zero-order valence-electron chi connectivity index (χ0n) is 23.0. The van der Waals surface area contributed by atoms with Gasteiger partial charge in [0, 0.05) is 18.5 Å². The normalized spacial score (nSPS) is 17.0. The standard InChI is InChI=1S/C29H31ClFN3O6S/c1-18(27-21(30)7-6-8-22(27)31)15-19-10-12-25-24(16-19)34(17-20(40-25)11-13-26(35)38-2)41(36,37)28-23-9-4-5-14-33(23)32-29(28)39-3/h6-8,10,12,15-16,20H,4-5,9,11,13-14,17H2,1-3H3/b18-15+/t20-/m0/s1. The lowest BCUT2D eigenvalue weighted by molar-refractivity contribution is -0.141. The Hall–Kier alpha value is -3.57. The first-order valence-corrected chi connectivity index (χ1v) is 15.1. The van der Waals surface area contributed by atoms with Crippen LogP contribution in [0.2, 0.25) is 5.02 Å². The first kappa shape index (κ1) is 28.9. The number of rotatable bonds is 8. The van der Waals surface area contributed by atoms with E-state index in [9.17, 15) is 17.6 Å². The number of hydrogen-bond acceptors (Lipinski definition) is 7. The van der Waals surface area contributed by atoms with E-state index in [-0.39, 0.29) is 40.7 Å². The van der Waals surface area contributed by atoms with Gasteiger partial charge in [-0.2, -0.15) is 0 Å². The van der Waals surface area contributed by atoms with Crippen LogP contribution < -0.4 is 13.8 Å². The number of halogens is 2. The lowest BCUT2D eigenvalue weighted by Gasteiger charge is -2.35. The van der Waals surface area contributed by atoms with Crippen molar-refractivity contribution in [2.75, 3.05) is 25.1 Å². The summed E-state index contributed by atoms with van der Waals surface area (Å²) in [7, 11) is -1.47. The van der Waals surface area contributed by atoms with Crippen LogP contribution in [-0.4, -0.2) is 51.0 Å². The van der Waals surface area contributed by atoms with Crippen molar-refractivity contribution in [1.82, 2.24) is 9.78 Å². The van der Waals surface area contributed by atoms with Crippen molar-refractivity contribution in [1.29, 1.82) is 0 Å². The first-order chi connectivity index (χ1) is 19.6. The Kier molecular flexibility index (Phi) is 8.28. The molecule has 2 aromatic carbocycles. The maximum Gasteiger partial charge on any atom is 0.305 e. The van der Waals surface area contributed by atoms with Gasteiger partial charge in [0.05, 0.1) is 37.2 Å². The summed E-state index contributed by atoms with van der Waals surface area (Å²) in [5, 5.41) is 4.70. The van der Waals surface area contributed by atoms with Gasteiger partial charge in [-0.05, 0) is 68.0 Å². The molecular formula is C29H31ClFN3O6S. The molecule has 0 unspecified atom stereocenters. The van der Waals surface area contributed by atoms with E-state index in [2.05, 4.69) is 5.10 Å². The van der Waals surface area contributed by atoms with Crippen molar-refractivity contribution >= 4 is 44.9 Å². The second-order valence-corrected chi connectivity index (χ2v) is 12.2. The zero-order valence-corrected chi connectivity index (χ0v) is 24.6. The Labute approximate surface area is 243 Å². The number of anilines is 1. The summed E-state index contributed by atoms with van der Waals surface area (Å²) >= 11 is 6.27. The van der Waals surface area contributed by atoms with Gasteiger partial charge in [-0.3, -0.25) is 13.8 Å². The third-order valence-corrected chi connectivity index (χ3v) is 9.47. The molecule has 2 aliphatic rings. The summed E-state index contributed by atoms with van der Waals surface area (Å²) in [6.07, 6.45) is 3.75. The molecule has 218 valence electrons. The van der Waals surface area contributed by atoms with Crippen LogP contribution in [0.4, 0.5) is 10.1 Å². The predicted molar refractivity (Wildman–Crippen MR) is 153 cm³/mol. The molecule has 0 radical (unpaired) electrons. The maximum atomic E-state index is 14.6.